The molecule has 2 heterocycles. The van der Waals surface area contributed by atoms with E-state index in [9.17, 15) is 10.5 Å². The van der Waals surface area contributed by atoms with Crippen LogP contribution in [0.1, 0.15) is 11.1 Å². The minimum absolute atomic E-state index is 0.461. The van der Waals surface area contributed by atoms with Crippen LogP contribution in [0.2, 0.25) is 0 Å². The number of fused-ring (bicyclic) bond motifs is 1. The summed E-state index contributed by atoms with van der Waals surface area (Å²) >= 11 is 0. The van der Waals surface area contributed by atoms with E-state index in [1.165, 1.54) is 0 Å². The number of hydrogen-bond donors (Lipinski definition) is 0. The van der Waals surface area contributed by atoms with Gasteiger partial charge in [-0.3, -0.25) is 0 Å². The summed E-state index contributed by atoms with van der Waals surface area (Å²) in [5, 5.41) is 18.4. The molecule has 0 saturated carbocycles. The minimum atomic E-state index is 0.461. The topological polar surface area (TPSA) is 64.9 Å². The molecular formula is C15H8N4. The zero-order chi connectivity index (χ0) is 13.2. The second-order valence-corrected chi connectivity index (χ2v) is 4.04. The van der Waals surface area contributed by atoms with Crippen LogP contribution in [-0.2, 0) is 0 Å². The van der Waals surface area contributed by atoms with Crippen molar-refractivity contribution in [2.24, 2.45) is 0 Å². The summed E-state index contributed by atoms with van der Waals surface area (Å²) in [7, 11) is 0. The first kappa shape index (κ1) is 11.0. The van der Waals surface area contributed by atoms with Crippen LogP contribution in [0.3, 0.4) is 0 Å². The van der Waals surface area contributed by atoms with Gasteiger partial charge in [0.15, 0.2) is 0 Å². The van der Waals surface area contributed by atoms with Crippen molar-refractivity contribution in [2.45, 2.75) is 0 Å². The molecule has 0 N–H and O–H groups in total. The molecule has 0 saturated heterocycles. The quantitative estimate of drug-likeness (QED) is 0.661. The summed E-state index contributed by atoms with van der Waals surface area (Å²) in [5.74, 6) is 0. The minimum Gasteiger partial charge on any atom is -0.306 e. The molecule has 0 radical (unpaired) electrons. The number of aromatic nitrogens is 2. The predicted octanol–water partition coefficient (Wildman–Crippen LogP) is 2.74. The second kappa shape index (κ2) is 4.29. The molecule has 0 aliphatic rings. The lowest BCUT2D eigenvalue weighted by Gasteiger charge is -2.01. The molecule has 0 atom stereocenters. The molecule has 0 bridgehead atoms. The summed E-state index contributed by atoms with van der Waals surface area (Å²) < 4.78 is 1.87. The molecule has 0 aliphatic heterocycles. The lowest BCUT2D eigenvalue weighted by Crippen LogP contribution is -1.89. The summed E-state index contributed by atoms with van der Waals surface area (Å²) in [5.41, 5.74) is 2.94. The fourth-order valence-corrected chi connectivity index (χ4v) is 2.07. The van der Waals surface area contributed by atoms with Gasteiger partial charge in [-0.1, -0.05) is 12.1 Å². The van der Waals surface area contributed by atoms with E-state index in [-0.39, 0.29) is 0 Å². The third-order valence-electron chi connectivity index (χ3n) is 2.93. The molecule has 0 unspecified atom stereocenters. The van der Waals surface area contributed by atoms with Crippen molar-refractivity contribution in [2.75, 3.05) is 0 Å². The van der Waals surface area contributed by atoms with Gasteiger partial charge in [0.2, 0.25) is 0 Å². The fourth-order valence-electron chi connectivity index (χ4n) is 2.07. The van der Waals surface area contributed by atoms with Gasteiger partial charge in [0, 0.05) is 18.0 Å². The van der Waals surface area contributed by atoms with Crippen molar-refractivity contribution in [3.8, 4) is 23.4 Å². The van der Waals surface area contributed by atoms with Gasteiger partial charge in [-0.2, -0.15) is 10.5 Å². The Labute approximate surface area is 109 Å². The van der Waals surface area contributed by atoms with Gasteiger partial charge in [0.25, 0.3) is 0 Å². The van der Waals surface area contributed by atoms with E-state index >= 15 is 0 Å². The Bertz CT molecular complexity index is 781. The molecule has 4 nitrogen and oxygen atoms in total. The van der Waals surface area contributed by atoms with Crippen molar-refractivity contribution >= 4 is 5.65 Å². The van der Waals surface area contributed by atoms with Crippen molar-refractivity contribution < 1.29 is 0 Å². The molecule has 2 aromatic heterocycles. The van der Waals surface area contributed by atoms with Gasteiger partial charge in [-0.25, -0.2) is 4.98 Å². The first-order valence-corrected chi connectivity index (χ1v) is 5.71. The predicted molar refractivity (Wildman–Crippen MR) is 70.1 cm³/mol. The lowest BCUT2D eigenvalue weighted by atomic mass is 10.0. The summed E-state index contributed by atoms with van der Waals surface area (Å²) in [6.45, 7) is 0. The maximum atomic E-state index is 9.18. The normalized spacial score (nSPS) is 10.0. The van der Waals surface area contributed by atoms with E-state index in [4.69, 9.17) is 0 Å². The molecule has 0 aliphatic carbocycles. The third-order valence-corrected chi connectivity index (χ3v) is 2.93. The van der Waals surface area contributed by atoms with Crippen LogP contribution in [0, 0.1) is 22.7 Å². The largest absolute Gasteiger partial charge is 0.306 e. The standard InChI is InChI=1S/C15H8N4/c16-8-11-4-3-5-12(9-17)15(11)13-10-19-7-2-1-6-14(19)18-13/h1-7,10H. The summed E-state index contributed by atoms with van der Waals surface area (Å²) in [6.07, 6.45) is 3.71. The van der Waals surface area contributed by atoms with Crippen LogP contribution in [0.25, 0.3) is 16.9 Å². The van der Waals surface area contributed by atoms with Crippen molar-refractivity contribution in [3.63, 3.8) is 0 Å². The van der Waals surface area contributed by atoms with E-state index in [0.717, 1.165) is 5.65 Å². The number of benzene rings is 1. The highest BCUT2D eigenvalue weighted by molar-refractivity contribution is 5.75. The van der Waals surface area contributed by atoms with Crippen LogP contribution in [-0.4, -0.2) is 9.38 Å². The maximum absolute atomic E-state index is 9.18. The van der Waals surface area contributed by atoms with Gasteiger partial charge < -0.3 is 4.40 Å². The fraction of sp³-hybridized carbons (Fsp3) is 0. The van der Waals surface area contributed by atoms with Crippen molar-refractivity contribution in [1.82, 2.24) is 9.38 Å². The maximum Gasteiger partial charge on any atom is 0.137 e. The molecule has 0 spiro atoms. The Kier molecular flexibility index (Phi) is 2.48. The van der Waals surface area contributed by atoms with Gasteiger partial charge >= 0.3 is 0 Å². The molecule has 3 rings (SSSR count). The molecule has 0 amide bonds. The number of pyridine rings is 1. The number of nitrogens with zero attached hydrogens (tertiary/aromatic N) is 4. The Morgan fingerprint density at radius 3 is 2.32 bits per heavy atom. The number of rotatable bonds is 1. The molecule has 3 aromatic rings. The van der Waals surface area contributed by atoms with Crippen LogP contribution < -0.4 is 0 Å². The van der Waals surface area contributed by atoms with Crippen LogP contribution in [0.15, 0.2) is 48.8 Å². The summed E-state index contributed by atoms with van der Waals surface area (Å²) in [4.78, 5) is 4.46. The van der Waals surface area contributed by atoms with E-state index < -0.39 is 0 Å². The Morgan fingerprint density at radius 1 is 0.947 bits per heavy atom. The molecule has 4 heteroatoms. The number of hydrogen-bond acceptors (Lipinski definition) is 3. The average molecular weight is 244 g/mol. The van der Waals surface area contributed by atoms with E-state index in [2.05, 4.69) is 17.1 Å². The first-order chi connectivity index (χ1) is 9.33. The van der Waals surface area contributed by atoms with Gasteiger partial charge in [0.1, 0.15) is 5.65 Å². The molecule has 0 fully saturated rings. The second-order valence-electron chi connectivity index (χ2n) is 4.04. The van der Waals surface area contributed by atoms with Crippen LogP contribution in [0.5, 0.6) is 0 Å². The van der Waals surface area contributed by atoms with Gasteiger partial charge in [-0.05, 0) is 24.3 Å². The Balaban J connectivity index is 2.33. The van der Waals surface area contributed by atoms with Gasteiger partial charge in [0.05, 0.1) is 29.0 Å². The number of imidazole rings is 1. The molecular weight excluding hydrogens is 236 g/mol. The van der Waals surface area contributed by atoms with Crippen molar-refractivity contribution in [1.29, 1.82) is 10.5 Å². The van der Waals surface area contributed by atoms with E-state index in [1.807, 2.05) is 35.0 Å². The van der Waals surface area contributed by atoms with Crippen LogP contribution in [0.4, 0.5) is 0 Å². The highest BCUT2D eigenvalue weighted by Crippen LogP contribution is 2.26. The highest BCUT2D eigenvalue weighted by Gasteiger charge is 2.13. The molecule has 1 aromatic carbocycles. The van der Waals surface area contributed by atoms with Crippen molar-refractivity contribution in [3.05, 3.63) is 59.9 Å². The lowest BCUT2D eigenvalue weighted by molar-refractivity contribution is 1.19. The Morgan fingerprint density at radius 2 is 1.68 bits per heavy atom. The molecule has 19 heavy (non-hydrogen) atoms. The monoisotopic (exact) mass is 244 g/mol. The Hall–Kier alpha value is -3.11. The van der Waals surface area contributed by atoms with Crippen LogP contribution >= 0.6 is 0 Å². The average Bonchev–Trinajstić information content (AvgIpc) is 2.89. The molecule has 88 valence electrons. The zero-order valence-corrected chi connectivity index (χ0v) is 9.91. The SMILES string of the molecule is N#Cc1cccc(C#N)c1-c1cn2ccccc2n1. The number of nitriles is 2. The van der Waals surface area contributed by atoms with E-state index in [1.54, 1.807) is 18.2 Å². The highest BCUT2D eigenvalue weighted by atomic mass is 15.0. The zero-order valence-electron chi connectivity index (χ0n) is 9.91. The van der Waals surface area contributed by atoms with Gasteiger partial charge in [-0.15, -0.1) is 0 Å². The first-order valence-electron chi connectivity index (χ1n) is 5.71. The smallest absolute Gasteiger partial charge is 0.137 e. The third kappa shape index (κ3) is 1.72. The summed E-state index contributed by atoms with van der Waals surface area (Å²) in [6, 6.07) is 15.0. The van der Waals surface area contributed by atoms with E-state index in [0.29, 0.717) is 22.4 Å².